The summed E-state index contributed by atoms with van der Waals surface area (Å²) in [5.74, 6) is -3.04. The van der Waals surface area contributed by atoms with Gasteiger partial charge in [-0.3, -0.25) is 14.5 Å². The molecule has 154 valence electrons. The summed E-state index contributed by atoms with van der Waals surface area (Å²) >= 11 is 2.40. The van der Waals surface area contributed by atoms with Crippen LogP contribution in [0.4, 0.5) is 13.9 Å². The molecule has 5 nitrogen and oxygen atoms in total. The van der Waals surface area contributed by atoms with Crippen molar-refractivity contribution in [3.05, 3.63) is 87.6 Å². The van der Waals surface area contributed by atoms with Crippen LogP contribution in [-0.4, -0.2) is 21.8 Å². The number of aliphatic hydroxyl groups is 1. The quantitative estimate of drug-likeness (QED) is 0.260. The molecule has 1 saturated heterocycles. The highest BCUT2D eigenvalue weighted by atomic mass is 32.1. The molecule has 0 bridgehead atoms. The molecule has 5 rings (SSSR count). The van der Waals surface area contributed by atoms with Gasteiger partial charge in [-0.15, -0.1) is 11.3 Å². The van der Waals surface area contributed by atoms with Crippen molar-refractivity contribution >= 4 is 55.5 Å². The molecule has 1 fully saturated rings. The van der Waals surface area contributed by atoms with Crippen molar-refractivity contribution < 1.29 is 23.5 Å². The molecule has 1 atom stereocenters. The average molecular weight is 454 g/mol. The number of aliphatic hydroxyl groups excluding tert-OH is 1. The molecule has 4 aromatic rings. The molecule has 2 aromatic heterocycles. The van der Waals surface area contributed by atoms with Crippen LogP contribution < -0.4 is 4.90 Å². The lowest BCUT2D eigenvalue weighted by Gasteiger charge is -2.21. The van der Waals surface area contributed by atoms with Crippen LogP contribution in [0.25, 0.3) is 16.0 Å². The highest BCUT2D eigenvalue weighted by Crippen LogP contribution is 2.45. The minimum Gasteiger partial charge on any atom is -0.507 e. The van der Waals surface area contributed by atoms with Crippen molar-refractivity contribution in [1.29, 1.82) is 0 Å². The first kappa shape index (κ1) is 19.5. The van der Waals surface area contributed by atoms with Crippen LogP contribution in [0, 0.1) is 11.6 Å². The smallest absolute Gasteiger partial charge is 0.301 e. The maximum Gasteiger partial charge on any atom is 0.301 e. The lowest BCUT2D eigenvalue weighted by molar-refractivity contribution is -0.132. The topological polar surface area (TPSA) is 70.5 Å². The van der Waals surface area contributed by atoms with Gasteiger partial charge in [0.15, 0.2) is 5.13 Å². The van der Waals surface area contributed by atoms with Gasteiger partial charge in [0.2, 0.25) is 0 Å². The predicted octanol–water partition coefficient (Wildman–Crippen LogP) is 5.26. The zero-order chi connectivity index (χ0) is 21.7. The Morgan fingerprint density at radius 2 is 1.77 bits per heavy atom. The summed E-state index contributed by atoms with van der Waals surface area (Å²) in [5.41, 5.74) is 0.601. The van der Waals surface area contributed by atoms with Crippen LogP contribution in [0.3, 0.4) is 0 Å². The summed E-state index contributed by atoms with van der Waals surface area (Å²) in [6.45, 7) is 0. The molecule has 1 aliphatic heterocycles. The van der Waals surface area contributed by atoms with Crippen LogP contribution in [0.1, 0.15) is 16.5 Å². The van der Waals surface area contributed by atoms with E-state index >= 15 is 0 Å². The number of nitrogens with zero attached hydrogens (tertiary/aromatic N) is 2. The number of carbonyl (C=O) groups excluding carboxylic acids is 2. The van der Waals surface area contributed by atoms with E-state index in [4.69, 9.17) is 0 Å². The fourth-order valence-corrected chi connectivity index (χ4v) is 5.34. The Bertz CT molecular complexity index is 1360. The molecule has 0 saturated carbocycles. The summed E-state index contributed by atoms with van der Waals surface area (Å²) < 4.78 is 27.5. The molecule has 1 amide bonds. The molecular weight excluding hydrogens is 442 g/mol. The molecule has 2 aromatic carbocycles. The number of amides is 1. The van der Waals surface area contributed by atoms with Gasteiger partial charge in [-0.25, -0.2) is 13.8 Å². The van der Waals surface area contributed by atoms with E-state index in [0.717, 1.165) is 23.5 Å². The van der Waals surface area contributed by atoms with E-state index in [0.29, 0.717) is 15.1 Å². The largest absolute Gasteiger partial charge is 0.507 e. The van der Waals surface area contributed by atoms with Crippen molar-refractivity contribution in [2.24, 2.45) is 0 Å². The van der Waals surface area contributed by atoms with Crippen molar-refractivity contribution in [1.82, 2.24) is 4.98 Å². The second kappa shape index (κ2) is 7.36. The van der Waals surface area contributed by atoms with Crippen molar-refractivity contribution in [2.45, 2.75) is 6.04 Å². The van der Waals surface area contributed by atoms with Gasteiger partial charge in [-0.05, 0) is 53.9 Å². The molecule has 0 spiro atoms. The SMILES string of the molecule is O=C1C(=O)N(c2nc3ccc(F)cc3s2)C(c2cccs2)/C1=C(\O)c1ccc(F)cc1. The maximum atomic E-state index is 13.6. The Kier molecular flexibility index (Phi) is 4.64. The number of hydrogen-bond acceptors (Lipinski definition) is 6. The number of carbonyl (C=O) groups is 2. The van der Waals surface area contributed by atoms with E-state index < -0.39 is 35.1 Å². The number of Topliss-reactive ketones (excluding diaryl/α,β-unsaturated/α-hetero) is 1. The molecule has 1 unspecified atom stereocenters. The maximum absolute atomic E-state index is 13.6. The Morgan fingerprint density at radius 1 is 1.03 bits per heavy atom. The lowest BCUT2D eigenvalue weighted by atomic mass is 10.00. The molecule has 31 heavy (non-hydrogen) atoms. The predicted molar refractivity (Wildman–Crippen MR) is 115 cm³/mol. The summed E-state index contributed by atoms with van der Waals surface area (Å²) in [5, 5.41) is 12.9. The monoisotopic (exact) mass is 454 g/mol. The number of thiazole rings is 1. The van der Waals surface area contributed by atoms with Crippen LogP contribution in [0.2, 0.25) is 0 Å². The van der Waals surface area contributed by atoms with E-state index in [2.05, 4.69) is 4.98 Å². The molecule has 1 aliphatic rings. The third-order valence-electron chi connectivity index (χ3n) is 4.92. The van der Waals surface area contributed by atoms with Gasteiger partial charge in [0.25, 0.3) is 5.78 Å². The first-order valence-corrected chi connectivity index (χ1v) is 10.8. The second-order valence-corrected chi connectivity index (χ2v) is 8.79. The van der Waals surface area contributed by atoms with Gasteiger partial charge in [-0.2, -0.15) is 0 Å². The molecule has 9 heteroatoms. The number of anilines is 1. The number of benzene rings is 2. The standard InChI is InChI=1S/C22H12F2N2O3S2/c23-12-5-3-11(4-6-12)19(27)17-18(15-2-1-9-30-15)26(21(29)20(17)28)22-25-14-8-7-13(24)10-16(14)31-22/h1-10,18,27H/b19-17+. The van der Waals surface area contributed by atoms with E-state index in [1.165, 1.54) is 46.6 Å². The highest BCUT2D eigenvalue weighted by molar-refractivity contribution is 7.22. The van der Waals surface area contributed by atoms with E-state index in [9.17, 15) is 23.5 Å². The Balaban J connectivity index is 1.71. The number of ketones is 1. The average Bonchev–Trinajstić information content (AvgIpc) is 3.47. The van der Waals surface area contributed by atoms with Gasteiger partial charge in [-0.1, -0.05) is 17.4 Å². The van der Waals surface area contributed by atoms with Gasteiger partial charge in [0.1, 0.15) is 23.4 Å². The number of halogens is 2. The van der Waals surface area contributed by atoms with Gasteiger partial charge < -0.3 is 5.11 Å². The molecule has 1 N–H and O–H groups in total. The molecule has 0 aliphatic carbocycles. The fraction of sp³-hybridized carbons (Fsp3) is 0.0455. The summed E-state index contributed by atoms with van der Waals surface area (Å²) in [7, 11) is 0. The minimum atomic E-state index is -0.907. The van der Waals surface area contributed by atoms with Crippen molar-refractivity contribution in [3.63, 3.8) is 0 Å². The molecular formula is C22H12F2N2O3S2. The first-order valence-electron chi connectivity index (χ1n) is 9.10. The van der Waals surface area contributed by atoms with Gasteiger partial charge in [0.05, 0.1) is 15.8 Å². The van der Waals surface area contributed by atoms with Gasteiger partial charge in [0, 0.05) is 10.4 Å². The van der Waals surface area contributed by atoms with Crippen LogP contribution in [-0.2, 0) is 9.59 Å². The summed E-state index contributed by atoms with van der Waals surface area (Å²) in [6, 6.07) is 11.7. The molecule has 3 heterocycles. The lowest BCUT2D eigenvalue weighted by Crippen LogP contribution is -2.28. The minimum absolute atomic E-state index is 0.107. The van der Waals surface area contributed by atoms with Crippen LogP contribution in [0.5, 0.6) is 0 Å². The number of fused-ring (bicyclic) bond motifs is 1. The summed E-state index contributed by atoms with van der Waals surface area (Å²) in [6.07, 6.45) is 0. The normalized spacial score (nSPS) is 18.3. The van der Waals surface area contributed by atoms with Crippen molar-refractivity contribution in [3.8, 4) is 0 Å². The number of aromatic nitrogens is 1. The highest BCUT2D eigenvalue weighted by Gasteiger charge is 2.48. The third-order valence-corrected chi connectivity index (χ3v) is 6.86. The zero-order valence-electron chi connectivity index (χ0n) is 15.6. The van der Waals surface area contributed by atoms with E-state index in [-0.39, 0.29) is 16.3 Å². The molecule has 0 radical (unpaired) electrons. The Hall–Kier alpha value is -3.43. The first-order chi connectivity index (χ1) is 14.9. The number of hydrogen-bond donors (Lipinski definition) is 1. The van der Waals surface area contributed by atoms with E-state index in [1.54, 1.807) is 17.5 Å². The Morgan fingerprint density at radius 3 is 2.48 bits per heavy atom. The Labute approximate surface area is 182 Å². The second-order valence-electron chi connectivity index (χ2n) is 6.80. The van der Waals surface area contributed by atoms with Crippen molar-refractivity contribution in [2.75, 3.05) is 4.90 Å². The number of rotatable bonds is 3. The van der Waals surface area contributed by atoms with Crippen LogP contribution in [0.15, 0.2) is 65.6 Å². The number of thiophene rings is 1. The zero-order valence-corrected chi connectivity index (χ0v) is 17.2. The van der Waals surface area contributed by atoms with E-state index in [1.807, 2.05) is 0 Å². The fourth-order valence-electron chi connectivity index (χ4n) is 3.50. The van der Waals surface area contributed by atoms with Gasteiger partial charge >= 0.3 is 5.91 Å². The third kappa shape index (κ3) is 3.22. The summed E-state index contributed by atoms with van der Waals surface area (Å²) in [4.78, 5) is 32.3. The van der Waals surface area contributed by atoms with Crippen LogP contribution >= 0.6 is 22.7 Å².